The Labute approximate surface area is 139 Å². The quantitative estimate of drug-likeness (QED) is 0.849. The fourth-order valence-electron chi connectivity index (χ4n) is 3.06. The van der Waals surface area contributed by atoms with Crippen LogP contribution < -0.4 is 10.6 Å². The van der Waals surface area contributed by atoms with Gasteiger partial charge >= 0.3 is 0 Å². The smallest absolute Gasteiger partial charge is 0.242 e. The highest BCUT2D eigenvalue weighted by atomic mass is 32.1. The predicted molar refractivity (Wildman–Crippen MR) is 86.9 cm³/mol. The van der Waals surface area contributed by atoms with Gasteiger partial charge in [0, 0.05) is 30.4 Å². The van der Waals surface area contributed by atoms with Crippen LogP contribution in [-0.2, 0) is 20.8 Å². The van der Waals surface area contributed by atoms with Crippen molar-refractivity contribution < 1.29 is 14.4 Å². The van der Waals surface area contributed by atoms with Crippen LogP contribution in [0.25, 0.3) is 0 Å². The minimum atomic E-state index is -0.388. The van der Waals surface area contributed by atoms with Crippen LogP contribution in [0, 0.1) is 0 Å². The third kappa shape index (κ3) is 4.10. The molecular weight excluding hydrogens is 314 g/mol. The molecule has 0 saturated carbocycles. The fourth-order valence-corrected chi connectivity index (χ4v) is 3.76. The summed E-state index contributed by atoms with van der Waals surface area (Å²) in [5.41, 5.74) is 0. The molecule has 3 rings (SSSR count). The van der Waals surface area contributed by atoms with Gasteiger partial charge in [0.2, 0.25) is 17.7 Å². The molecule has 1 unspecified atom stereocenters. The number of amides is 3. The van der Waals surface area contributed by atoms with E-state index in [1.54, 1.807) is 11.3 Å². The first-order valence-corrected chi connectivity index (χ1v) is 8.89. The van der Waals surface area contributed by atoms with Gasteiger partial charge in [-0.05, 0) is 30.7 Å². The lowest BCUT2D eigenvalue weighted by molar-refractivity contribution is -0.132. The molecule has 6 nitrogen and oxygen atoms in total. The minimum Gasteiger partial charge on any atom is -0.351 e. The minimum absolute atomic E-state index is 0.0563. The molecule has 124 valence electrons. The van der Waals surface area contributed by atoms with E-state index in [1.165, 1.54) is 0 Å². The maximum atomic E-state index is 12.2. The molecule has 1 atom stereocenters. The van der Waals surface area contributed by atoms with Crippen molar-refractivity contribution in [1.82, 2.24) is 15.5 Å². The van der Waals surface area contributed by atoms with Crippen LogP contribution in [0.15, 0.2) is 17.5 Å². The number of thiophene rings is 1. The molecule has 7 heteroatoms. The molecule has 3 amide bonds. The van der Waals surface area contributed by atoms with E-state index >= 15 is 0 Å². The Morgan fingerprint density at radius 2 is 2.09 bits per heavy atom. The molecule has 2 saturated heterocycles. The molecule has 0 bridgehead atoms. The molecule has 0 spiro atoms. The number of hydrogen-bond acceptors (Lipinski definition) is 4. The van der Waals surface area contributed by atoms with Gasteiger partial charge in [0.15, 0.2) is 0 Å². The van der Waals surface area contributed by atoms with E-state index in [-0.39, 0.29) is 29.8 Å². The topological polar surface area (TPSA) is 78.5 Å². The van der Waals surface area contributed by atoms with Crippen LogP contribution in [0.3, 0.4) is 0 Å². The molecule has 2 N–H and O–H groups in total. The molecule has 0 radical (unpaired) electrons. The van der Waals surface area contributed by atoms with Crippen molar-refractivity contribution in [2.75, 3.05) is 13.1 Å². The van der Waals surface area contributed by atoms with Crippen molar-refractivity contribution in [2.45, 2.75) is 44.2 Å². The van der Waals surface area contributed by atoms with E-state index in [9.17, 15) is 14.4 Å². The van der Waals surface area contributed by atoms with Gasteiger partial charge in [0.1, 0.15) is 6.04 Å². The molecule has 0 aromatic carbocycles. The summed E-state index contributed by atoms with van der Waals surface area (Å²) in [6.07, 6.45) is 2.99. The average molecular weight is 335 g/mol. The molecule has 2 aliphatic heterocycles. The Morgan fingerprint density at radius 1 is 1.30 bits per heavy atom. The van der Waals surface area contributed by atoms with Crippen LogP contribution in [0.1, 0.15) is 30.6 Å². The summed E-state index contributed by atoms with van der Waals surface area (Å²) in [5.74, 6) is -0.00126. The van der Waals surface area contributed by atoms with E-state index in [1.807, 2.05) is 22.4 Å². The summed E-state index contributed by atoms with van der Waals surface area (Å²) in [7, 11) is 0. The summed E-state index contributed by atoms with van der Waals surface area (Å²) in [5, 5.41) is 7.66. The van der Waals surface area contributed by atoms with E-state index in [4.69, 9.17) is 0 Å². The Morgan fingerprint density at radius 3 is 2.70 bits per heavy atom. The number of piperidine rings is 1. The van der Waals surface area contributed by atoms with Crippen LogP contribution in [0.4, 0.5) is 0 Å². The van der Waals surface area contributed by atoms with E-state index in [0.717, 1.165) is 17.7 Å². The predicted octanol–water partition coefficient (Wildman–Crippen LogP) is 0.676. The van der Waals surface area contributed by atoms with Gasteiger partial charge in [-0.3, -0.25) is 14.4 Å². The lowest BCUT2D eigenvalue weighted by Crippen LogP contribution is -2.50. The van der Waals surface area contributed by atoms with Gasteiger partial charge in [-0.15, -0.1) is 11.3 Å². The summed E-state index contributed by atoms with van der Waals surface area (Å²) in [6, 6.07) is 3.63. The zero-order chi connectivity index (χ0) is 16.2. The fraction of sp³-hybridized carbons (Fsp3) is 0.562. The SMILES string of the molecule is O=C1CCC(C(=O)NC2CCN(C(=O)Cc3cccs3)CC2)N1. The monoisotopic (exact) mass is 335 g/mol. The molecule has 23 heavy (non-hydrogen) atoms. The van der Waals surface area contributed by atoms with Gasteiger partial charge in [-0.25, -0.2) is 0 Å². The number of rotatable bonds is 4. The Kier molecular flexibility index (Phi) is 4.95. The number of carbonyl (C=O) groups excluding carboxylic acids is 3. The summed E-state index contributed by atoms with van der Waals surface area (Å²) < 4.78 is 0. The van der Waals surface area contributed by atoms with Crippen molar-refractivity contribution in [2.24, 2.45) is 0 Å². The number of hydrogen-bond donors (Lipinski definition) is 2. The normalized spacial score (nSPS) is 22.0. The van der Waals surface area contributed by atoms with Gasteiger partial charge in [0.05, 0.1) is 6.42 Å². The first-order valence-electron chi connectivity index (χ1n) is 8.02. The highest BCUT2D eigenvalue weighted by molar-refractivity contribution is 7.10. The van der Waals surface area contributed by atoms with Crippen LogP contribution in [0.5, 0.6) is 0 Å². The second-order valence-electron chi connectivity index (χ2n) is 6.08. The van der Waals surface area contributed by atoms with Crippen molar-refractivity contribution in [3.05, 3.63) is 22.4 Å². The maximum Gasteiger partial charge on any atom is 0.242 e. The zero-order valence-electron chi connectivity index (χ0n) is 12.9. The Hall–Kier alpha value is -1.89. The Bertz CT molecular complexity index is 579. The highest BCUT2D eigenvalue weighted by Gasteiger charge is 2.30. The summed E-state index contributed by atoms with van der Waals surface area (Å²) in [4.78, 5) is 38.4. The standard InChI is InChI=1S/C16H21N3O3S/c20-14-4-3-13(18-14)16(22)17-11-5-7-19(8-6-11)15(21)10-12-2-1-9-23-12/h1-2,9,11,13H,3-8,10H2,(H,17,22)(H,18,20). The first-order chi connectivity index (χ1) is 11.1. The molecular formula is C16H21N3O3S. The van der Waals surface area contributed by atoms with Gasteiger partial charge in [0.25, 0.3) is 0 Å². The number of carbonyl (C=O) groups is 3. The highest BCUT2D eigenvalue weighted by Crippen LogP contribution is 2.16. The molecule has 1 aromatic rings. The third-order valence-corrected chi connectivity index (χ3v) is 5.29. The summed E-state index contributed by atoms with van der Waals surface area (Å²) in [6.45, 7) is 1.35. The van der Waals surface area contributed by atoms with E-state index in [2.05, 4.69) is 10.6 Å². The van der Waals surface area contributed by atoms with Crippen LogP contribution >= 0.6 is 11.3 Å². The maximum absolute atomic E-state index is 12.2. The lowest BCUT2D eigenvalue weighted by atomic mass is 10.0. The Balaban J connectivity index is 1.42. The van der Waals surface area contributed by atoms with Crippen LogP contribution in [0.2, 0.25) is 0 Å². The largest absolute Gasteiger partial charge is 0.351 e. The average Bonchev–Trinajstić information content (AvgIpc) is 3.19. The molecule has 1 aromatic heterocycles. The second-order valence-corrected chi connectivity index (χ2v) is 7.11. The number of nitrogens with one attached hydrogen (secondary N) is 2. The lowest BCUT2D eigenvalue weighted by Gasteiger charge is -2.32. The van der Waals surface area contributed by atoms with Crippen molar-refractivity contribution >= 4 is 29.1 Å². The van der Waals surface area contributed by atoms with Gasteiger partial charge in [-0.1, -0.05) is 6.07 Å². The van der Waals surface area contributed by atoms with Gasteiger partial charge < -0.3 is 15.5 Å². The van der Waals surface area contributed by atoms with Gasteiger partial charge in [-0.2, -0.15) is 0 Å². The third-order valence-electron chi connectivity index (χ3n) is 4.41. The van der Waals surface area contributed by atoms with Crippen molar-refractivity contribution in [3.63, 3.8) is 0 Å². The molecule has 3 heterocycles. The molecule has 2 aliphatic rings. The summed E-state index contributed by atoms with van der Waals surface area (Å²) >= 11 is 1.60. The second kappa shape index (κ2) is 7.12. The molecule has 0 aliphatic carbocycles. The first kappa shape index (κ1) is 16.0. The van der Waals surface area contributed by atoms with E-state index in [0.29, 0.717) is 32.4 Å². The number of likely N-dealkylation sites (tertiary alicyclic amines) is 1. The van der Waals surface area contributed by atoms with Crippen molar-refractivity contribution in [3.8, 4) is 0 Å². The molecule has 2 fully saturated rings. The van der Waals surface area contributed by atoms with Crippen LogP contribution in [-0.4, -0.2) is 47.8 Å². The van der Waals surface area contributed by atoms with E-state index < -0.39 is 0 Å². The zero-order valence-corrected chi connectivity index (χ0v) is 13.7. The van der Waals surface area contributed by atoms with Crippen molar-refractivity contribution in [1.29, 1.82) is 0 Å². The number of nitrogens with zero attached hydrogens (tertiary/aromatic N) is 1.